The van der Waals surface area contributed by atoms with Gasteiger partial charge in [0.15, 0.2) is 0 Å². The van der Waals surface area contributed by atoms with Crippen LogP contribution < -0.4 is 0 Å². The van der Waals surface area contributed by atoms with Crippen LogP contribution in [0.4, 0.5) is 0 Å². The van der Waals surface area contributed by atoms with Crippen molar-refractivity contribution in [2.24, 2.45) is 5.92 Å². The molecule has 0 aromatic heterocycles. The summed E-state index contributed by atoms with van der Waals surface area (Å²) in [4.78, 5) is 36.5. The molecule has 1 N–H and O–H groups in total. The fourth-order valence-electron chi connectivity index (χ4n) is 2.23. The van der Waals surface area contributed by atoms with Crippen LogP contribution in [0.1, 0.15) is 23.2 Å². The van der Waals surface area contributed by atoms with Crippen molar-refractivity contribution in [3.05, 3.63) is 34.3 Å². The molecule has 0 unspecified atom stereocenters. The number of hydrogen-bond donors (Lipinski definition) is 1. The third-order valence-electron chi connectivity index (χ3n) is 3.36. The maximum atomic E-state index is 12.1. The number of amides is 1. The molecule has 0 radical (unpaired) electrons. The molecule has 0 bridgehead atoms. The first-order valence-electron chi connectivity index (χ1n) is 6.31. The van der Waals surface area contributed by atoms with Crippen LogP contribution in [0.15, 0.2) is 28.7 Å². The van der Waals surface area contributed by atoms with E-state index in [0.29, 0.717) is 24.9 Å². The van der Waals surface area contributed by atoms with Gasteiger partial charge in [0.1, 0.15) is 0 Å². The second kappa shape index (κ2) is 6.17. The average molecular weight is 340 g/mol. The molecule has 106 valence electrons. The molecule has 1 aliphatic rings. The summed E-state index contributed by atoms with van der Waals surface area (Å²) >= 11 is 3.26. The van der Waals surface area contributed by atoms with E-state index in [9.17, 15) is 14.4 Å². The van der Waals surface area contributed by atoms with E-state index >= 15 is 0 Å². The Bertz CT molecular complexity index is 541. The lowest BCUT2D eigenvalue weighted by molar-refractivity contribution is -0.144. The first-order chi connectivity index (χ1) is 9.49. The highest BCUT2D eigenvalue weighted by Gasteiger charge is 2.31. The molecule has 5 nitrogen and oxygen atoms in total. The molecule has 1 saturated heterocycles. The highest BCUT2D eigenvalue weighted by molar-refractivity contribution is 9.10. The smallest absolute Gasteiger partial charge is 0.308 e. The molecule has 1 atom stereocenters. The fraction of sp³-hybridized carbons (Fsp3) is 0.357. The van der Waals surface area contributed by atoms with Gasteiger partial charge >= 0.3 is 5.97 Å². The van der Waals surface area contributed by atoms with Crippen LogP contribution in [0.5, 0.6) is 0 Å². The van der Waals surface area contributed by atoms with Crippen LogP contribution >= 0.6 is 15.9 Å². The molecular weight excluding hydrogens is 326 g/mol. The Balaban J connectivity index is 2.08. The van der Waals surface area contributed by atoms with E-state index in [1.165, 1.54) is 4.90 Å². The summed E-state index contributed by atoms with van der Waals surface area (Å²) in [7, 11) is 0. The molecular formula is C14H14BrNO4. The van der Waals surface area contributed by atoms with Crippen molar-refractivity contribution in [1.29, 1.82) is 0 Å². The van der Waals surface area contributed by atoms with Gasteiger partial charge in [-0.25, -0.2) is 0 Å². The number of ketones is 1. The van der Waals surface area contributed by atoms with E-state index in [2.05, 4.69) is 15.9 Å². The van der Waals surface area contributed by atoms with Crippen LogP contribution in [0.25, 0.3) is 0 Å². The predicted octanol–water partition coefficient (Wildman–Crippen LogP) is 1.95. The predicted molar refractivity (Wildman–Crippen MR) is 75.4 cm³/mol. The molecule has 1 aliphatic heterocycles. The van der Waals surface area contributed by atoms with Crippen LogP contribution in [0, 0.1) is 5.92 Å². The number of rotatable bonds is 3. The third-order valence-corrected chi connectivity index (χ3v) is 3.89. The van der Waals surface area contributed by atoms with Gasteiger partial charge in [-0.1, -0.05) is 15.9 Å². The summed E-state index contributed by atoms with van der Waals surface area (Å²) in [5, 5.41) is 9.00. The van der Waals surface area contributed by atoms with Gasteiger partial charge in [0.25, 0.3) is 5.91 Å². The van der Waals surface area contributed by atoms with Crippen molar-refractivity contribution >= 4 is 33.6 Å². The molecule has 2 rings (SSSR count). The second-order valence-electron chi connectivity index (χ2n) is 4.76. The lowest BCUT2D eigenvalue weighted by atomic mass is 9.97. The molecule has 0 spiro atoms. The standard InChI is InChI=1S/C14H14BrNO4/c15-11-5-3-9(4-6-11)12(17)13(18)16-7-1-2-10(8-16)14(19)20/h3-6,10H,1-2,7-8H2,(H,19,20)/t10-/m0/s1. The topological polar surface area (TPSA) is 74.7 Å². The molecule has 1 aromatic rings. The van der Waals surface area contributed by atoms with Gasteiger partial charge in [-0.3, -0.25) is 14.4 Å². The number of piperidine rings is 1. The number of halogens is 1. The monoisotopic (exact) mass is 339 g/mol. The van der Waals surface area contributed by atoms with Crippen LogP contribution in [-0.4, -0.2) is 40.8 Å². The molecule has 1 heterocycles. The Morgan fingerprint density at radius 1 is 1.20 bits per heavy atom. The average Bonchev–Trinajstić information content (AvgIpc) is 2.46. The zero-order valence-electron chi connectivity index (χ0n) is 10.7. The fourth-order valence-corrected chi connectivity index (χ4v) is 2.50. The maximum Gasteiger partial charge on any atom is 0.308 e. The Hall–Kier alpha value is -1.69. The Morgan fingerprint density at radius 3 is 2.45 bits per heavy atom. The van der Waals surface area contributed by atoms with Crippen molar-refractivity contribution in [1.82, 2.24) is 4.90 Å². The number of hydrogen-bond acceptors (Lipinski definition) is 3. The quantitative estimate of drug-likeness (QED) is 0.674. The number of carbonyl (C=O) groups excluding carboxylic acids is 2. The van der Waals surface area contributed by atoms with Crippen molar-refractivity contribution in [2.45, 2.75) is 12.8 Å². The Kier molecular flexibility index (Phi) is 4.54. The second-order valence-corrected chi connectivity index (χ2v) is 5.68. The highest BCUT2D eigenvalue weighted by Crippen LogP contribution is 2.18. The van der Waals surface area contributed by atoms with Gasteiger partial charge in [0, 0.05) is 23.1 Å². The SMILES string of the molecule is O=C(C(=O)N1CCC[C@H](C(=O)O)C1)c1ccc(Br)cc1. The molecule has 0 aliphatic carbocycles. The van der Waals surface area contributed by atoms with Gasteiger partial charge in [0.2, 0.25) is 5.78 Å². The van der Waals surface area contributed by atoms with Crippen LogP contribution in [0.2, 0.25) is 0 Å². The van der Waals surface area contributed by atoms with Crippen molar-refractivity contribution in [3.63, 3.8) is 0 Å². The van der Waals surface area contributed by atoms with Gasteiger partial charge < -0.3 is 10.0 Å². The molecule has 1 aromatic carbocycles. The summed E-state index contributed by atoms with van der Waals surface area (Å²) in [5.41, 5.74) is 0.315. The number of Topliss-reactive ketones (excluding diaryl/α,β-unsaturated/α-hetero) is 1. The summed E-state index contributed by atoms with van der Waals surface area (Å²) in [6, 6.07) is 6.53. The van der Waals surface area contributed by atoms with Crippen LogP contribution in [-0.2, 0) is 9.59 Å². The van der Waals surface area contributed by atoms with Gasteiger partial charge in [-0.2, -0.15) is 0 Å². The van der Waals surface area contributed by atoms with Crippen molar-refractivity contribution in [3.8, 4) is 0 Å². The van der Waals surface area contributed by atoms with E-state index in [1.807, 2.05) is 0 Å². The van der Waals surface area contributed by atoms with E-state index in [4.69, 9.17) is 5.11 Å². The van der Waals surface area contributed by atoms with E-state index in [1.54, 1.807) is 24.3 Å². The zero-order chi connectivity index (χ0) is 14.7. The molecule has 20 heavy (non-hydrogen) atoms. The van der Waals surface area contributed by atoms with E-state index < -0.39 is 23.6 Å². The highest BCUT2D eigenvalue weighted by atomic mass is 79.9. The summed E-state index contributed by atoms with van der Waals surface area (Å²) in [6.45, 7) is 0.543. The first-order valence-corrected chi connectivity index (χ1v) is 7.10. The minimum atomic E-state index is -0.918. The minimum Gasteiger partial charge on any atom is -0.481 e. The van der Waals surface area contributed by atoms with Crippen molar-refractivity contribution in [2.75, 3.05) is 13.1 Å². The zero-order valence-corrected chi connectivity index (χ0v) is 12.3. The lowest BCUT2D eigenvalue weighted by Gasteiger charge is -2.30. The number of carbonyl (C=O) groups is 3. The van der Waals surface area contributed by atoms with Gasteiger partial charge in [-0.05, 0) is 37.1 Å². The molecule has 1 fully saturated rings. The summed E-state index contributed by atoms with van der Waals surface area (Å²) in [6.07, 6.45) is 1.15. The summed E-state index contributed by atoms with van der Waals surface area (Å²) < 4.78 is 0.824. The lowest BCUT2D eigenvalue weighted by Crippen LogP contribution is -2.45. The number of benzene rings is 1. The number of nitrogens with zero attached hydrogens (tertiary/aromatic N) is 1. The normalized spacial score (nSPS) is 18.6. The molecule has 0 saturated carbocycles. The van der Waals surface area contributed by atoms with Gasteiger partial charge in [0.05, 0.1) is 5.92 Å². The Morgan fingerprint density at radius 2 is 1.85 bits per heavy atom. The number of carboxylic acid groups (broad SMARTS) is 1. The first kappa shape index (κ1) is 14.7. The van der Waals surface area contributed by atoms with E-state index in [0.717, 1.165) is 4.47 Å². The number of likely N-dealkylation sites (tertiary alicyclic amines) is 1. The minimum absolute atomic E-state index is 0.108. The van der Waals surface area contributed by atoms with Crippen LogP contribution in [0.3, 0.4) is 0 Å². The maximum absolute atomic E-state index is 12.1. The molecule has 1 amide bonds. The largest absolute Gasteiger partial charge is 0.481 e. The van der Waals surface area contributed by atoms with Gasteiger partial charge in [-0.15, -0.1) is 0 Å². The molecule has 6 heteroatoms. The third kappa shape index (κ3) is 3.25. The van der Waals surface area contributed by atoms with E-state index in [-0.39, 0.29) is 6.54 Å². The Labute approximate surface area is 124 Å². The number of carboxylic acids is 1. The summed E-state index contributed by atoms with van der Waals surface area (Å²) in [5.74, 6) is -2.72. The number of aliphatic carboxylic acids is 1. The van der Waals surface area contributed by atoms with Crippen molar-refractivity contribution < 1.29 is 19.5 Å².